The minimum Gasteiger partial charge on any atom is -0.495 e. The minimum atomic E-state index is 0.431. The van der Waals surface area contributed by atoms with Gasteiger partial charge < -0.3 is 14.8 Å². The lowest BCUT2D eigenvalue weighted by Crippen LogP contribution is -1.98. The van der Waals surface area contributed by atoms with Crippen LogP contribution in [0.3, 0.4) is 0 Å². The third-order valence-electron chi connectivity index (χ3n) is 1.69. The summed E-state index contributed by atoms with van der Waals surface area (Å²) in [5.74, 6) is 0.972. The van der Waals surface area contributed by atoms with E-state index in [0.29, 0.717) is 28.6 Å². The predicted molar refractivity (Wildman–Crippen MR) is 54.2 cm³/mol. The van der Waals surface area contributed by atoms with Crippen LogP contribution in [0.2, 0.25) is 5.02 Å². The summed E-state index contributed by atoms with van der Waals surface area (Å²) in [5, 5.41) is 2.92. The largest absolute Gasteiger partial charge is 0.495 e. The van der Waals surface area contributed by atoms with Gasteiger partial charge in [-0.2, -0.15) is 0 Å². The first-order valence-electron chi connectivity index (χ1n) is 3.84. The molecule has 14 heavy (non-hydrogen) atoms. The zero-order valence-electron chi connectivity index (χ0n) is 7.83. The van der Waals surface area contributed by atoms with E-state index in [9.17, 15) is 4.79 Å². The molecule has 0 saturated heterocycles. The Labute approximate surface area is 86.8 Å². The first-order chi connectivity index (χ1) is 6.72. The molecular formula is C9H10ClNO3. The predicted octanol–water partition coefficient (Wildman–Crippen LogP) is 1.93. The molecule has 0 saturated carbocycles. The van der Waals surface area contributed by atoms with Crippen LogP contribution in [-0.4, -0.2) is 20.6 Å². The van der Waals surface area contributed by atoms with Gasteiger partial charge in [0.2, 0.25) is 6.41 Å². The third-order valence-corrected chi connectivity index (χ3v) is 1.98. The molecular weight excluding hydrogens is 206 g/mol. The van der Waals surface area contributed by atoms with Gasteiger partial charge in [0.1, 0.15) is 11.5 Å². The van der Waals surface area contributed by atoms with E-state index >= 15 is 0 Å². The van der Waals surface area contributed by atoms with Gasteiger partial charge >= 0.3 is 0 Å². The van der Waals surface area contributed by atoms with Crippen molar-refractivity contribution in [2.24, 2.45) is 0 Å². The minimum absolute atomic E-state index is 0.431. The Bertz CT molecular complexity index is 341. The average molecular weight is 216 g/mol. The van der Waals surface area contributed by atoms with Crippen LogP contribution in [0.4, 0.5) is 5.69 Å². The van der Waals surface area contributed by atoms with Gasteiger partial charge in [-0.25, -0.2) is 0 Å². The molecule has 0 fully saturated rings. The van der Waals surface area contributed by atoms with Crippen LogP contribution >= 0.6 is 11.6 Å². The van der Waals surface area contributed by atoms with Crippen molar-refractivity contribution in [3.8, 4) is 11.5 Å². The fraction of sp³-hybridized carbons (Fsp3) is 0.222. The summed E-state index contributed by atoms with van der Waals surface area (Å²) in [5.41, 5.74) is 0.517. The Morgan fingerprint density at radius 3 is 2.43 bits per heavy atom. The standard InChI is InChI=1S/C9H10ClNO3/c1-13-8-4-7(11-5-12)9(14-2)3-6(8)10/h3-5H,1-2H3,(H,11,12). The van der Waals surface area contributed by atoms with Gasteiger partial charge in [-0.1, -0.05) is 11.6 Å². The highest BCUT2D eigenvalue weighted by Crippen LogP contribution is 2.35. The fourth-order valence-corrected chi connectivity index (χ4v) is 1.27. The normalized spacial score (nSPS) is 9.36. The molecule has 0 aliphatic rings. The topological polar surface area (TPSA) is 47.6 Å². The number of carbonyl (C=O) groups is 1. The molecule has 0 spiro atoms. The molecule has 0 aliphatic heterocycles. The van der Waals surface area contributed by atoms with Gasteiger partial charge in [-0.3, -0.25) is 4.79 Å². The summed E-state index contributed by atoms with van der Waals surface area (Å²) in [6.07, 6.45) is 0.561. The van der Waals surface area contributed by atoms with Crippen LogP contribution in [0.1, 0.15) is 0 Å². The second-order valence-electron chi connectivity index (χ2n) is 2.45. The van der Waals surface area contributed by atoms with Crippen LogP contribution in [-0.2, 0) is 4.79 Å². The second kappa shape index (κ2) is 4.72. The van der Waals surface area contributed by atoms with Gasteiger partial charge in [0.15, 0.2) is 0 Å². The average Bonchev–Trinajstić information content (AvgIpc) is 2.20. The number of hydrogen-bond acceptors (Lipinski definition) is 3. The number of methoxy groups -OCH3 is 2. The van der Waals surface area contributed by atoms with Gasteiger partial charge in [0.05, 0.1) is 24.9 Å². The van der Waals surface area contributed by atoms with E-state index in [1.54, 1.807) is 12.1 Å². The van der Waals surface area contributed by atoms with Crippen molar-refractivity contribution in [2.75, 3.05) is 19.5 Å². The number of carbonyl (C=O) groups excluding carboxylic acids is 1. The van der Waals surface area contributed by atoms with Crippen molar-refractivity contribution in [3.63, 3.8) is 0 Å². The van der Waals surface area contributed by atoms with Crippen LogP contribution in [0, 0.1) is 0 Å². The first kappa shape index (κ1) is 10.7. The van der Waals surface area contributed by atoms with Gasteiger partial charge in [0.25, 0.3) is 0 Å². The molecule has 0 heterocycles. The number of amides is 1. The number of benzene rings is 1. The number of anilines is 1. The van der Waals surface area contributed by atoms with Crippen molar-refractivity contribution < 1.29 is 14.3 Å². The van der Waals surface area contributed by atoms with Crippen LogP contribution < -0.4 is 14.8 Å². The number of ether oxygens (including phenoxy) is 2. The SMILES string of the molecule is COc1cc(NC=O)c(OC)cc1Cl. The van der Waals surface area contributed by atoms with E-state index in [4.69, 9.17) is 21.1 Å². The molecule has 0 bridgehead atoms. The monoisotopic (exact) mass is 215 g/mol. The number of nitrogens with one attached hydrogen (secondary N) is 1. The summed E-state index contributed by atoms with van der Waals surface area (Å²) in [6, 6.07) is 3.17. The summed E-state index contributed by atoms with van der Waals surface area (Å²) >= 11 is 5.86. The molecule has 0 atom stereocenters. The van der Waals surface area contributed by atoms with E-state index < -0.39 is 0 Å². The van der Waals surface area contributed by atoms with E-state index in [-0.39, 0.29) is 0 Å². The third kappa shape index (κ3) is 2.09. The molecule has 76 valence electrons. The Hall–Kier alpha value is -1.42. The van der Waals surface area contributed by atoms with Gasteiger partial charge in [-0.15, -0.1) is 0 Å². The molecule has 0 radical (unpaired) electrons. The van der Waals surface area contributed by atoms with E-state index in [1.807, 2.05) is 0 Å². The molecule has 5 heteroatoms. The maximum atomic E-state index is 10.3. The molecule has 0 unspecified atom stereocenters. The van der Waals surface area contributed by atoms with Crippen molar-refractivity contribution in [1.82, 2.24) is 0 Å². The molecule has 0 aromatic heterocycles. The molecule has 1 aromatic rings. The Balaban J connectivity index is 3.17. The van der Waals surface area contributed by atoms with Gasteiger partial charge in [-0.05, 0) is 0 Å². The van der Waals surface area contributed by atoms with Crippen molar-refractivity contribution in [1.29, 1.82) is 0 Å². The molecule has 1 N–H and O–H groups in total. The zero-order chi connectivity index (χ0) is 10.6. The highest BCUT2D eigenvalue weighted by Gasteiger charge is 2.08. The number of hydrogen-bond donors (Lipinski definition) is 1. The highest BCUT2D eigenvalue weighted by atomic mass is 35.5. The maximum Gasteiger partial charge on any atom is 0.211 e. The van der Waals surface area contributed by atoms with Crippen LogP contribution in [0.5, 0.6) is 11.5 Å². The molecule has 1 rings (SSSR count). The van der Waals surface area contributed by atoms with E-state index in [2.05, 4.69) is 5.32 Å². The van der Waals surface area contributed by atoms with Crippen LogP contribution in [0.15, 0.2) is 12.1 Å². The van der Waals surface area contributed by atoms with E-state index in [0.717, 1.165) is 0 Å². The number of halogens is 1. The second-order valence-corrected chi connectivity index (χ2v) is 2.86. The number of rotatable bonds is 4. The summed E-state index contributed by atoms with van der Waals surface area (Å²) in [4.78, 5) is 10.3. The highest BCUT2D eigenvalue weighted by molar-refractivity contribution is 6.32. The van der Waals surface area contributed by atoms with Gasteiger partial charge in [0, 0.05) is 12.1 Å². The van der Waals surface area contributed by atoms with Crippen molar-refractivity contribution in [2.45, 2.75) is 0 Å². The maximum absolute atomic E-state index is 10.3. The Morgan fingerprint density at radius 2 is 1.93 bits per heavy atom. The lowest BCUT2D eigenvalue weighted by molar-refractivity contribution is -0.105. The Kier molecular flexibility index (Phi) is 3.59. The summed E-state index contributed by atoms with van der Waals surface area (Å²) < 4.78 is 10.0. The van der Waals surface area contributed by atoms with Crippen molar-refractivity contribution in [3.05, 3.63) is 17.2 Å². The summed E-state index contributed by atoms with van der Waals surface area (Å²) in [6.45, 7) is 0. The smallest absolute Gasteiger partial charge is 0.211 e. The summed E-state index contributed by atoms with van der Waals surface area (Å²) in [7, 11) is 2.99. The van der Waals surface area contributed by atoms with E-state index in [1.165, 1.54) is 14.2 Å². The first-order valence-corrected chi connectivity index (χ1v) is 4.22. The lowest BCUT2D eigenvalue weighted by Gasteiger charge is -2.10. The lowest BCUT2D eigenvalue weighted by atomic mass is 10.2. The molecule has 4 nitrogen and oxygen atoms in total. The van der Waals surface area contributed by atoms with Crippen molar-refractivity contribution >= 4 is 23.7 Å². The molecule has 0 aliphatic carbocycles. The fourth-order valence-electron chi connectivity index (χ4n) is 1.04. The van der Waals surface area contributed by atoms with Crippen LogP contribution in [0.25, 0.3) is 0 Å². The molecule has 1 aromatic carbocycles. The quantitative estimate of drug-likeness (QED) is 0.781. The molecule has 1 amide bonds. The Morgan fingerprint density at radius 1 is 1.29 bits per heavy atom. The zero-order valence-corrected chi connectivity index (χ0v) is 8.59.